The van der Waals surface area contributed by atoms with Crippen molar-refractivity contribution in [3.8, 4) is 11.5 Å². The topological polar surface area (TPSA) is 78.8 Å². The maximum atomic E-state index is 12.5. The summed E-state index contributed by atoms with van der Waals surface area (Å²) in [5.74, 6) is -0.177. The molecule has 1 amide bonds. The van der Waals surface area contributed by atoms with Crippen LogP contribution in [0.5, 0.6) is 11.5 Å². The highest BCUT2D eigenvalue weighted by molar-refractivity contribution is 6.05. The Hall–Kier alpha value is -3.48. The van der Waals surface area contributed by atoms with Crippen LogP contribution in [-0.4, -0.2) is 28.8 Å². The summed E-state index contributed by atoms with van der Waals surface area (Å²) in [5.41, 5.74) is 1.93. The van der Waals surface area contributed by atoms with Gasteiger partial charge in [-0.15, -0.1) is 0 Å². The van der Waals surface area contributed by atoms with E-state index in [1.165, 1.54) is 6.42 Å². The van der Waals surface area contributed by atoms with Gasteiger partial charge in [-0.25, -0.2) is 4.79 Å². The van der Waals surface area contributed by atoms with Crippen molar-refractivity contribution in [2.24, 2.45) is 7.05 Å². The number of rotatable bonds is 4. The van der Waals surface area contributed by atoms with E-state index in [1.54, 1.807) is 24.4 Å². The van der Waals surface area contributed by atoms with E-state index in [2.05, 4.69) is 5.32 Å². The van der Waals surface area contributed by atoms with Gasteiger partial charge in [0.2, 0.25) is 0 Å². The Labute approximate surface area is 179 Å². The van der Waals surface area contributed by atoms with Gasteiger partial charge >= 0.3 is 5.97 Å². The highest BCUT2D eigenvalue weighted by Gasteiger charge is 2.42. The number of aromatic nitrogens is 1. The van der Waals surface area contributed by atoms with Gasteiger partial charge in [-0.3, -0.25) is 4.79 Å². The average Bonchev–Trinajstić information content (AvgIpc) is 3.29. The van der Waals surface area contributed by atoms with Crippen molar-refractivity contribution in [2.45, 2.75) is 37.9 Å². The Morgan fingerprint density at radius 2 is 1.84 bits per heavy atom. The van der Waals surface area contributed by atoms with Crippen LogP contribution in [0.3, 0.4) is 0 Å². The van der Waals surface area contributed by atoms with Gasteiger partial charge in [-0.2, -0.15) is 0 Å². The summed E-state index contributed by atoms with van der Waals surface area (Å²) in [6.07, 6.45) is 6.81. The minimum atomic E-state index is -0.558. The van der Waals surface area contributed by atoms with Gasteiger partial charge in [-0.05, 0) is 31.0 Å². The predicted octanol–water partition coefficient (Wildman–Crippen LogP) is 4.41. The number of anilines is 1. The molecule has 1 spiro atoms. The molecule has 1 aliphatic heterocycles. The summed E-state index contributed by atoms with van der Waals surface area (Å²) in [5, 5.41) is 3.55. The fourth-order valence-electron chi connectivity index (χ4n) is 4.38. The number of amides is 1. The zero-order chi connectivity index (χ0) is 21.4. The molecule has 1 saturated carbocycles. The summed E-state index contributed by atoms with van der Waals surface area (Å²) in [6.45, 7) is -0.375. The molecule has 1 aromatic heterocycles. The smallest absolute Gasteiger partial charge is 0.340 e. The molecule has 0 atom stereocenters. The number of fused-ring (bicyclic) bond motifs is 2. The first kappa shape index (κ1) is 19.5. The van der Waals surface area contributed by atoms with Gasteiger partial charge in [0.1, 0.15) is 0 Å². The molecule has 2 aliphatic rings. The number of benzene rings is 2. The summed E-state index contributed by atoms with van der Waals surface area (Å²) < 4.78 is 19.3. The van der Waals surface area contributed by atoms with E-state index < -0.39 is 17.7 Å². The van der Waals surface area contributed by atoms with E-state index >= 15 is 0 Å². The van der Waals surface area contributed by atoms with Gasteiger partial charge < -0.3 is 24.1 Å². The molecule has 1 fully saturated rings. The second kappa shape index (κ2) is 7.65. The number of hydrogen-bond acceptors (Lipinski definition) is 5. The third-order valence-electron chi connectivity index (χ3n) is 5.89. The molecule has 0 saturated heterocycles. The van der Waals surface area contributed by atoms with Crippen LogP contribution in [-0.2, 0) is 16.6 Å². The predicted molar refractivity (Wildman–Crippen MR) is 115 cm³/mol. The van der Waals surface area contributed by atoms with Crippen molar-refractivity contribution in [1.29, 1.82) is 0 Å². The molecule has 0 unspecified atom stereocenters. The quantitative estimate of drug-likeness (QED) is 0.633. The Bertz CT molecular complexity index is 1160. The molecule has 7 heteroatoms. The van der Waals surface area contributed by atoms with E-state index in [0.717, 1.165) is 36.6 Å². The van der Waals surface area contributed by atoms with E-state index in [4.69, 9.17) is 14.2 Å². The summed E-state index contributed by atoms with van der Waals surface area (Å²) in [6, 6.07) is 12.9. The molecule has 0 bridgehead atoms. The number of hydrogen-bond donors (Lipinski definition) is 1. The molecule has 1 N–H and O–H groups in total. The number of esters is 1. The molecule has 5 rings (SSSR count). The van der Waals surface area contributed by atoms with E-state index in [9.17, 15) is 9.59 Å². The molecular weight excluding hydrogens is 396 g/mol. The number of aryl methyl sites for hydroxylation is 1. The average molecular weight is 420 g/mol. The second-order valence-corrected chi connectivity index (χ2v) is 8.13. The third-order valence-corrected chi connectivity index (χ3v) is 5.89. The zero-order valence-electron chi connectivity index (χ0n) is 17.3. The third kappa shape index (κ3) is 3.71. The molecule has 7 nitrogen and oxygen atoms in total. The molecular formula is C24H24N2O5. The van der Waals surface area contributed by atoms with Crippen molar-refractivity contribution in [3.63, 3.8) is 0 Å². The Morgan fingerprint density at radius 1 is 1.06 bits per heavy atom. The first-order valence-corrected chi connectivity index (χ1v) is 10.6. The molecule has 2 heterocycles. The Balaban J connectivity index is 1.21. The fourth-order valence-corrected chi connectivity index (χ4v) is 4.38. The van der Waals surface area contributed by atoms with Crippen molar-refractivity contribution in [1.82, 2.24) is 4.57 Å². The van der Waals surface area contributed by atoms with Gasteiger partial charge in [0.05, 0.1) is 5.56 Å². The lowest BCUT2D eigenvalue weighted by Gasteiger charge is -2.31. The largest absolute Gasteiger partial charge is 0.452 e. The maximum absolute atomic E-state index is 12.5. The lowest BCUT2D eigenvalue weighted by Crippen LogP contribution is -2.40. The van der Waals surface area contributed by atoms with Gasteiger partial charge in [0.25, 0.3) is 11.7 Å². The van der Waals surface area contributed by atoms with Gasteiger partial charge in [-0.1, -0.05) is 24.6 Å². The molecule has 160 valence electrons. The van der Waals surface area contributed by atoms with Gasteiger partial charge in [0, 0.05) is 48.7 Å². The number of carbonyl (C=O) groups excluding carboxylic acids is 2. The van der Waals surface area contributed by atoms with Crippen molar-refractivity contribution in [3.05, 3.63) is 54.2 Å². The number of carbonyl (C=O) groups is 2. The highest BCUT2D eigenvalue weighted by Crippen LogP contribution is 2.46. The molecule has 0 radical (unpaired) electrons. The summed E-state index contributed by atoms with van der Waals surface area (Å²) in [4.78, 5) is 24.8. The van der Waals surface area contributed by atoms with Crippen molar-refractivity contribution >= 4 is 28.5 Å². The number of ether oxygens (including phenoxy) is 3. The maximum Gasteiger partial charge on any atom is 0.340 e. The Morgan fingerprint density at radius 3 is 2.68 bits per heavy atom. The van der Waals surface area contributed by atoms with Crippen molar-refractivity contribution in [2.75, 3.05) is 11.9 Å². The van der Waals surface area contributed by atoms with Gasteiger partial charge in [0.15, 0.2) is 18.1 Å². The Kier molecular flexibility index (Phi) is 4.81. The van der Waals surface area contributed by atoms with Crippen LogP contribution in [0, 0.1) is 0 Å². The SMILES string of the molecule is Cn1cc(C(=O)OCC(=O)Nc2ccc3c(c2)OC2(CCCCC2)O3)c2ccccc21. The molecule has 31 heavy (non-hydrogen) atoms. The van der Waals surface area contributed by atoms with E-state index in [-0.39, 0.29) is 6.61 Å². The lowest BCUT2D eigenvalue weighted by molar-refractivity contribution is -0.119. The van der Waals surface area contributed by atoms with E-state index in [0.29, 0.717) is 22.7 Å². The number of nitrogens with one attached hydrogen (secondary N) is 1. The normalized spacial score (nSPS) is 16.4. The summed E-state index contributed by atoms with van der Waals surface area (Å²) >= 11 is 0. The molecule has 1 aliphatic carbocycles. The van der Waals surface area contributed by atoms with Crippen LogP contribution < -0.4 is 14.8 Å². The minimum absolute atomic E-state index is 0.375. The second-order valence-electron chi connectivity index (χ2n) is 8.13. The highest BCUT2D eigenvalue weighted by atomic mass is 16.7. The number of nitrogens with zero attached hydrogens (tertiary/aromatic N) is 1. The monoisotopic (exact) mass is 420 g/mol. The minimum Gasteiger partial charge on any atom is -0.452 e. The van der Waals surface area contributed by atoms with Crippen LogP contribution in [0.1, 0.15) is 42.5 Å². The lowest BCUT2D eigenvalue weighted by atomic mass is 9.94. The van der Waals surface area contributed by atoms with Crippen LogP contribution in [0.4, 0.5) is 5.69 Å². The summed E-state index contributed by atoms with van der Waals surface area (Å²) in [7, 11) is 1.86. The van der Waals surface area contributed by atoms with Crippen molar-refractivity contribution < 1.29 is 23.8 Å². The van der Waals surface area contributed by atoms with Crippen LogP contribution in [0.25, 0.3) is 10.9 Å². The number of para-hydroxylation sites is 1. The van der Waals surface area contributed by atoms with Crippen LogP contribution in [0.2, 0.25) is 0 Å². The van der Waals surface area contributed by atoms with Crippen LogP contribution >= 0.6 is 0 Å². The standard InChI is InChI=1S/C24H24N2O5/c1-26-14-18(17-7-3-4-8-19(17)26)23(28)29-15-22(27)25-16-9-10-20-21(13-16)31-24(30-20)11-5-2-6-12-24/h3-4,7-10,13-14H,2,5-6,11-12,15H2,1H3,(H,25,27). The zero-order valence-corrected chi connectivity index (χ0v) is 17.3. The molecule has 2 aromatic carbocycles. The fraction of sp³-hybridized carbons (Fsp3) is 0.333. The first-order valence-electron chi connectivity index (χ1n) is 10.6. The first-order chi connectivity index (χ1) is 15.0. The van der Waals surface area contributed by atoms with E-state index in [1.807, 2.05) is 35.9 Å². The molecule has 3 aromatic rings. The van der Waals surface area contributed by atoms with Crippen LogP contribution in [0.15, 0.2) is 48.7 Å².